The molecule has 0 unspecified atom stereocenters. The summed E-state index contributed by atoms with van der Waals surface area (Å²) in [4.78, 5) is 24.5. The van der Waals surface area contributed by atoms with Crippen LogP contribution in [-0.2, 0) is 0 Å². The predicted octanol–water partition coefficient (Wildman–Crippen LogP) is 5.13. The maximum atomic E-state index is 13.3. The number of hydrogen-bond donors (Lipinski definition) is 0. The number of carbonyl (C=O) groups excluding carboxylic acids is 1. The molecule has 3 aromatic heterocycles. The summed E-state index contributed by atoms with van der Waals surface area (Å²) < 4.78 is 15.2. The molecule has 1 aromatic carbocycles. The van der Waals surface area contributed by atoms with Gasteiger partial charge in [-0.3, -0.25) is 9.78 Å². The van der Waals surface area contributed by atoms with Crippen LogP contribution in [0.5, 0.6) is 0 Å². The third-order valence-corrected chi connectivity index (χ3v) is 5.84. The van der Waals surface area contributed by atoms with Crippen LogP contribution in [0.2, 0.25) is 0 Å². The Hall–Kier alpha value is -3.54. The van der Waals surface area contributed by atoms with E-state index in [1.807, 2.05) is 53.6 Å². The molecule has 1 saturated heterocycles. The zero-order valence-corrected chi connectivity index (χ0v) is 17.5. The normalized spacial score (nSPS) is 16.2. The maximum Gasteiger partial charge on any atom is 0.274 e. The molecule has 1 atom stereocenters. The van der Waals surface area contributed by atoms with E-state index in [4.69, 9.17) is 4.98 Å². The first-order valence-electron chi connectivity index (χ1n) is 10.5. The summed E-state index contributed by atoms with van der Waals surface area (Å²) in [6, 6.07) is 14.3. The molecule has 1 aliphatic heterocycles. The summed E-state index contributed by atoms with van der Waals surface area (Å²) in [7, 11) is 0. The second kappa shape index (κ2) is 7.61. The molecule has 0 N–H and O–H groups in total. The molecule has 1 fully saturated rings. The van der Waals surface area contributed by atoms with Crippen molar-refractivity contribution in [1.29, 1.82) is 0 Å². The molecule has 1 amide bonds. The van der Waals surface area contributed by atoms with Gasteiger partial charge in [0.15, 0.2) is 0 Å². The van der Waals surface area contributed by atoms with E-state index < -0.39 is 0 Å². The highest BCUT2D eigenvalue weighted by Crippen LogP contribution is 2.34. The number of amides is 1. The van der Waals surface area contributed by atoms with Crippen LogP contribution in [0.4, 0.5) is 4.39 Å². The van der Waals surface area contributed by atoms with Crippen LogP contribution in [0.25, 0.3) is 16.8 Å². The highest BCUT2D eigenvalue weighted by Gasteiger charge is 2.33. The average Bonchev–Trinajstić information content (AvgIpc) is 3.40. The van der Waals surface area contributed by atoms with Gasteiger partial charge in [-0.1, -0.05) is 12.1 Å². The Labute approximate surface area is 180 Å². The lowest BCUT2D eigenvalue weighted by Crippen LogP contribution is -2.31. The van der Waals surface area contributed by atoms with Crippen molar-refractivity contribution in [3.63, 3.8) is 0 Å². The van der Waals surface area contributed by atoms with Crippen LogP contribution in [0.1, 0.15) is 46.3 Å². The molecule has 4 aromatic rings. The fourth-order valence-electron chi connectivity index (χ4n) is 4.33. The number of carbonyl (C=O) groups is 1. The molecule has 0 spiro atoms. The predicted molar refractivity (Wildman–Crippen MR) is 117 cm³/mol. The number of pyridine rings is 2. The second-order valence-corrected chi connectivity index (χ2v) is 8.18. The molecule has 1 aliphatic rings. The minimum atomic E-state index is -0.259. The van der Waals surface area contributed by atoms with Crippen molar-refractivity contribution in [3.8, 4) is 11.1 Å². The van der Waals surface area contributed by atoms with Crippen molar-refractivity contribution in [3.05, 3.63) is 89.4 Å². The van der Waals surface area contributed by atoms with Gasteiger partial charge in [0.2, 0.25) is 0 Å². The highest BCUT2D eigenvalue weighted by atomic mass is 19.1. The molecule has 5 nitrogen and oxygen atoms in total. The molecule has 0 bridgehead atoms. The molecular formula is C25H23FN4O. The number of aryl methyl sites for hydroxylation is 2. The minimum absolute atomic E-state index is 0.0736. The zero-order valence-electron chi connectivity index (χ0n) is 17.5. The summed E-state index contributed by atoms with van der Waals surface area (Å²) in [6.07, 6.45) is 5.50. The van der Waals surface area contributed by atoms with Gasteiger partial charge in [0.05, 0.1) is 11.7 Å². The second-order valence-electron chi connectivity index (χ2n) is 8.18. The number of hydrogen-bond acceptors (Lipinski definition) is 3. The average molecular weight is 414 g/mol. The lowest BCUT2D eigenvalue weighted by Gasteiger charge is -2.24. The van der Waals surface area contributed by atoms with Gasteiger partial charge in [0, 0.05) is 24.6 Å². The van der Waals surface area contributed by atoms with Crippen molar-refractivity contribution in [2.45, 2.75) is 32.7 Å². The van der Waals surface area contributed by atoms with Gasteiger partial charge in [-0.2, -0.15) is 0 Å². The van der Waals surface area contributed by atoms with E-state index in [0.29, 0.717) is 12.2 Å². The fraction of sp³-hybridized carbons (Fsp3) is 0.240. The third kappa shape index (κ3) is 3.69. The largest absolute Gasteiger partial charge is 0.329 e. The Morgan fingerprint density at radius 2 is 1.84 bits per heavy atom. The zero-order chi connectivity index (χ0) is 21.5. The van der Waals surface area contributed by atoms with E-state index in [9.17, 15) is 9.18 Å². The maximum absolute atomic E-state index is 13.3. The van der Waals surface area contributed by atoms with E-state index in [2.05, 4.69) is 4.98 Å². The van der Waals surface area contributed by atoms with E-state index >= 15 is 0 Å². The van der Waals surface area contributed by atoms with Gasteiger partial charge in [0.25, 0.3) is 5.91 Å². The summed E-state index contributed by atoms with van der Waals surface area (Å²) in [6.45, 7) is 4.63. The van der Waals surface area contributed by atoms with Crippen molar-refractivity contribution in [2.75, 3.05) is 6.54 Å². The lowest BCUT2D eigenvalue weighted by atomic mass is 10.0. The number of fused-ring (bicyclic) bond motifs is 1. The Kier molecular flexibility index (Phi) is 4.77. The molecule has 0 aliphatic carbocycles. The summed E-state index contributed by atoms with van der Waals surface area (Å²) in [5, 5.41) is 0. The van der Waals surface area contributed by atoms with Crippen LogP contribution < -0.4 is 0 Å². The minimum Gasteiger partial charge on any atom is -0.329 e. The van der Waals surface area contributed by atoms with Crippen LogP contribution in [0.15, 0.2) is 60.9 Å². The van der Waals surface area contributed by atoms with Gasteiger partial charge in [-0.15, -0.1) is 0 Å². The number of rotatable bonds is 3. The van der Waals surface area contributed by atoms with Crippen LogP contribution in [-0.4, -0.2) is 31.7 Å². The van der Waals surface area contributed by atoms with E-state index in [1.165, 1.54) is 12.1 Å². The lowest BCUT2D eigenvalue weighted by molar-refractivity contribution is 0.0727. The molecule has 6 heteroatoms. The van der Waals surface area contributed by atoms with E-state index in [-0.39, 0.29) is 17.8 Å². The van der Waals surface area contributed by atoms with Crippen LogP contribution in [0.3, 0.4) is 0 Å². The summed E-state index contributed by atoms with van der Waals surface area (Å²) in [5.74, 6) is -0.333. The smallest absolute Gasteiger partial charge is 0.274 e. The molecule has 0 radical (unpaired) electrons. The first-order chi connectivity index (χ1) is 15.0. The summed E-state index contributed by atoms with van der Waals surface area (Å²) >= 11 is 0. The highest BCUT2D eigenvalue weighted by molar-refractivity contribution is 5.93. The van der Waals surface area contributed by atoms with Gasteiger partial charge in [-0.25, -0.2) is 9.37 Å². The Morgan fingerprint density at radius 3 is 2.65 bits per heavy atom. The molecular weight excluding hydrogens is 391 g/mol. The Bertz CT molecular complexity index is 1280. The van der Waals surface area contributed by atoms with Gasteiger partial charge in [0.1, 0.15) is 17.2 Å². The topological polar surface area (TPSA) is 50.5 Å². The number of benzene rings is 1. The van der Waals surface area contributed by atoms with Crippen LogP contribution >= 0.6 is 0 Å². The van der Waals surface area contributed by atoms with Gasteiger partial charge in [-0.05, 0) is 79.8 Å². The number of imidazole rings is 1. The standard InChI is InChI=1S/C25H23FN4O/c1-16-9-11-29-15-22(28-24(29)12-16)25(31)30-10-3-4-23(30)21-14-19(13-17(2)27-21)18-5-7-20(26)8-6-18/h5-9,11-15,23H,3-4,10H2,1-2H3/t23-/m0/s1. The molecule has 5 rings (SSSR count). The fourth-order valence-corrected chi connectivity index (χ4v) is 4.33. The number of aromatic nitrogens is 3. The molecule has 0 saturated carbocycles. The van der Waals surface area contributed by atoms with Crippen molar-refractivity contribution >= 4 is 11.6 Å². The van der Waals surface area contributed by atoms with E-state index in [1.54, 1.807) is 18.3 Å². The van der Waals surface area contributed by atoms with E-state index in [0.717, 1.165) is 46.6 Å². The van der Waals surface area contributed by atoms with Crippen molar-refractivity contribution < 1.29 is 9.18 Å². The molecule has 31 heavy (non-hydrogen) atoms. The van der Waals surface area contributed by atoms with Gasteiger partial charge >= 0.3 is 0 Å². The Balaban J connectivity index is 1.48. The number of likely N-dealkylation sites (tertiary alicyclic amines) is 1. The quantitative estimate of drug-likeness (QED) is 0.467. The van der Waals surface area contributed by atoms with Crippen LogP contribution in [0, 0.1) is 19.7 Å². The van der Waals surface area contributed by atoms with Crippen molar-refractivity contribution in [1.82, 2.24) is 19.3 Å². The van der Waals surface area contributed by atoms with Crippen molar-refractivity contribution in [2.24, 2.45) is 0 Å². The number of nitrogens with zero attached hydrogens (tertiary/aromatic N) is 4. The summed E-state index contributed by atoms with van der Waals surface area (Å²) in [5.41, 5.74) is 5.97. The molecule has 4 heterocycles. The SMILES string of the molecule is Cc1ccn2cc(C(=O)N3CCC[C@H]3c3cc(-c4ccc(F)cc4)cc(C)n3)nc2c1. The third-order valence-electron chi connectivity index (χ3n) is 5.84. The monoisotopic (exact) mass is 414 g/mol. The molecule has 156 valence electrons. The Morgan fingerprint density at radius 1 is 1.03 bits per heavy atom. The number of halogens is 1. The van der Waals surface area contributed by atoms with Gasteiger partial charge < -0.3 is 9.30 Å². The first kappa shape index (κ1) is 19.4. The first-order valence-corrected chi connectivity index (χ1v) is 10.5.